The lowest BCUT2D eigenvalue weighted by Crippen LogP contribution is -2.47. The summed E-state index contributed by atoms with van der Waals surface area (Å²) in [4.78, 5) is 4.28. The average molecular weight is 190 g/mol. The van der Waals surface area contributed by atoms with E-state index in [0.717, 1.165) is 12.2 Å². The van der Waals surface area contributed by atoms with Crippen molar-refractivity contribution in [3.8, 4) is 0 Å². The van der Waals surface area contributed by atoms with E-state index in [4.69, 9.17) is 0 Å². The third-order valence-electron chi connectivity index (χ3n) is 3.15. The maximum Gasteiger partial charge on any atom is 0.0372 e. The molecule has 1 aliphatic rings. The molecule has 2 nitrogen and oxygen atoms in total. The fourth-order valence-electron chi connectivity index (χ4n) is 1.80. The lowest BCUT2D eigenvalue weighted by Gasteiger charge is -2.39. The first-order valence-electron chi connectivity index (χ1n) is 5.35. The van der Waals surface area contributed by atoms with Crippen molar-refractivity contribution in [2.45, 2.75) is 45.2 Å². The Morgan fingerprint density at radius 2 is 2.21 bits per heavy atom. The van der Waals surface area contributed by atoms with Gasteiger partial charge in [0.15, 0.2) is 0 Å². The van der Waals surface area contributed by atoms with Gasteiger partial charge in [0.1, 0.15) is 0 Å². The van der Waals surface area contributed by atoms with E-state index in [1.165, 1.54) is 24.8 Å². The van der Waals surface area contributed by atoms with Crippen LogP contribution >= 0.6 is 0 Å². The van der Waals surface area contributed by atoms with Gasteiger partial charge in [-0.3, -0.25) is 4.98 Å². The van der Waals surface area contributed by atoms with Crippen LogP contribution in [-0.2, 0) is 6.54 Å². The minimum atomic E-state index is 0.394. The highest BCUT2D eigenvalue weighted by molar-refractivity contribution is 5.13. The van der Waals surface area contributed by atoms with Gasteiger partial charge in [-0.15, -0.1) is 0 Å². The van der Waals surface area contributed by atoms with Crippen molar-refractivity contribution in [1.82, 2.24) is 10.3 Å². The zero-order valence-electron chi connectivity index (χ0n) is 9.01. The highest BCUT2D eigenvalue weighted by atomic mass is 15.0. The fourth-order valence-corrected chi connectivity index (χ4v) is 1.80. The van der Waals surface area contributed by atoms with Crippen molar-refractivity contribution < 1.29 is 0 Å². The van der Waals surface area contributed by atoms with Gasteiger partial charge in [0.2, 0.25) is 0 Å². The third-order valence-corrected chi connectivity index (χ3v) is 3.15. The van der Waals surface area contributed by atoms with Gasteiger partial charge in [-0.1, -0.05) is 6.07 Å². The number of pyridine rings is 1. The number of aryl methyl sites for hydroxylation is 1. The Morgan fingerprint density at radius 1 is 1.43 bits per heavy atom. The second kappa shape index (κ2) is 3.70. The molecule has 0 spiro atoms. The van der Waals surface area contributed by atoms with E-state index in [2.05, 4.69) is 29.4 Å². The summed E-state index contributed by atoms with van der Waals surface area (Å²) in [6, 6.07) is 4.22. The molecule has 1 N–H and O–H groups in total. The number of hydrogen-bond acceptors (Lipinski definition) is 2. The van der Waals surface area contributed by atoms with Crippen molar-refractivity contribution >= 4 is 0 Å². The lowest BCUT2D eigenvalue weighted by atomic mass is 9.78. The molecule has 0 aliphatic heterocycles. The molecule has 0 radical (unpaired) electrons. The molecule has 1 fully saturated rings. The first-order chi connectivity index (χ1) is 6.68. The summed E-state index contributed by atoms with van der Waals surface area (Å²) in [5.41, 5.74) is 2.76. The van der Waals surface area contributed by atoms with E-state index in [1.807, 2.05) is 13.1 Å². The summed E-state index contributed by atoms with van der Waals surface area (Å²) >= 11 is 0. The monoisotopic (exact) mass is 190 g/mol. The minimum absolute atomic E-state index is 0.394. The van der Waals surface area contributed by atoms with Gasteiger partial charge < -0.3 is 5.32 Å². The largest absolute Gasteiger partial charge is 0.307 e. The zero-order valence-corrected chi connectivity index (χ0v) is 9.01. The molecule has 1 aromatic rings. The Morgan fingerprint density at radius 3 is 2.71 bits per heavy atom. The van der Waals surface area contributed by atoms with E-state index >= 15 is 0 Å². The summed E-state index contributed by atoms with van der Waals surface area (Å²) in [6.07, 6.45) is 5.96. The number of hydrogen-bond donors (Lipinski definition) is 1. The van der Waals surface area contributed by atoms with Crippen LogP contribution in [0.15, 0.2) is 18.3 Å². The van der Waals surface area contributed by atoms with E-state index in [9.17, 15) is 0 Å². The second-order valence-corrected chi connectivity index (χ2v) is 4.58. The average Bonchev–Trinajstić information content (AvgIpc) is 2.14. The third kappa shape index (κ3) is 2.13. The molecule has 0 unspecified atom stereocenters. The maximum absolute atomic E-state index is 4.28. The molecule has 0 amide bonds. The summed E-state index contributed by atoms with van der Waals surface area (Å²) in [5.74, 6) is 0. The van der Waals surface area contributed by atoms with Crippen molar-refractivity contribution in [2.75, 3.05) is 0 Å². The van der Waals surface area contributed by atoms with Crippen LogP contribution in [0.5, 0.6) is 0 Å². The van der Waals surface area contributed by atoms with Crippen LogP contribution in [0.1, 0.15) is 37.4 Å². The number of rotatable bonds is 3. The van der Waals surface area contributed by atoms with Crippen LogP contribution in [0.3, 0.4) is 0 Å². The van der Waals surface area contributed by atoms with E-state index in [-0.39, 0.29) is 0 Å². The standard InChI is InChI=1S/C12H18N2/c1-10-4-5-11(8-13-10)9-14-12(2)6-3-7-12/h4-5,8,14H,3,6-7,9H2,1-2H3. The van der Waals surface area contributed by atoms with Crippen molar-refractivity contribution in [2.24, 2.45) is 0 Å². The van der Waals surface area contributed by atoms with Crippen LogP contribution in [0.25, 0.3) is 0 Å². The predicted molar refractivity (Wildman–Crippen MR) is 58.1 cm³/mol. The van der Waals surface area contributed by atoms with E-state index in [1.54, 1.807) is 0 Å². The van der Waals surface area contributed by atoms with Gasteiger partial charge in [0.05, 0.1) is 0 Å². The molecule has 0 aromatic carbocycles. The van der Waals surface area contributed by atoms with Crippen LogP contribution in [0.4, 0.5) is 0 Å². The molecule has 1 aromatic heterocycles. The molecule has 1 heterocycles. The van der Waals surface area contributed by atoms with Gasteiger partial charge in [0, 0.05) is 24.0 Å². The highest BCUT2D eigenvalue weighted by Crippen LogP contribution is 2.31. The smallest absolute Gasteiger partial charge is 0.0372 e. The quantitative estimate of drug-likeness (QED) is 0.791. The molecule has 14 heavy (non-hydrogen) atoms. The minimum Gasteiger partial charge on any atom is -0.307 e. The molecule has 0 saturated heterocycles. The maximum atomic E-state index is 4.28. The Bertz CT molecular complexity index is 299. The topological polar surface area (TPSA) is 24.9 Å². The van der Waals surface area contributed by atoms with Crippen molar-refractivity contribution in [1.29, 1.82) is 0 Å². The van der Waals surface area contributed by atoms with Crippen molar-refractivity contribution in [3.63, 3.8) is 0 Å². The van der Waals surface area contributed by atoms with Crippen LogP contribution < -0.4 is 5.32 Å². The summed E-state index contributed by atoms with van der Waals surface area (Å²) in [5, 5.41) is 3.59. The summed E-state index contributed by atoms with van der Waals surface area (Å²) < 4.78 is 0. The van der Waals surface area contributed by atoms with Gasteiger partial charge in [0.25, 0.3) is 0 Å². The molecule has 2 rings (SSSR count). The second-order valence-electron chi connectivity index (χ2n) is 4.58. The van der Waals surface area contributed by atoms with E-state index < -0.39 is 0 Å². The van der Waals surface area contributed by atoms with Gasteiger partial charge in [-0.05, 0) is 44.7 Å². The summed E-state index contributed by atoms with van der Waals surface area (Å²) in [7, 11) is 0. The first kappa shape index (κ1) is 9.66. The molecule has 2 heteroatoms. The molecule has 0 bridgehead atoms. The zero-order chi connectivity index (χ0) is 10.0. The van der Waals surface area contributed by atoms with Crippen LogP contribution in [0.2, 0.25) is 0 Å². The summed E-state index contributed by atoms with van der Waals surface area (Å²) in [6.45, 7) is 5.27. The molecule has 0 atom stereocenters. The molecular formula is C12H18N2. The molecular weight excluding hydrogens is 172 g/mol. The molecule has 1 saturated carbocycles. The van der Waals surface area contributed by atoms with Gasteiger partial charge >= 0.3 is 0 Å². The molecule has 76 valence electrons. The van der Waals surface area contributed by atoms with Gasteiger partial charge in [-0.25, -0.2) is 0 Å². The lowest BCUT2D eigenvalue weighted by molar-refractivity contribution is 0.207. The Balaban J connectivity index is 1.88. The molecule has 1 aliphatic carbocycles. The highest BCUT2D eigenvalue weighted by Gasteiger charge is 2.30. The first-order valence-corrected chi connectivity index (χ1v) is 5.35. The Labute approximate surface area is 85.7 Å². The SMILES string of the molecule is Cc1ccc(CNC2(C)CCC2)cn1. The number of nitrogens with zero attached hydrogens (tertiary/aromatic N) is 1. The number of nitrogens with one attached hydrogen (secondary N) is 1. The normalized spacial score (nSPS) is 19.0. The van der Waals surface area contributed by atoms with Gasteiger partial charge in [-0.2, -0.15) is 0 Å². The number of aromatic nitrogens is 1. The fraction of sp³-hybridized carbons (Fsp3) is 0.583. The predicted octanol–water partition coefficient (Wildman–Crippen LogP) is 2.42. The van der Waals surface area contributed by atoms with E-state index in [0.29, 0.717) is 5.54 Å². The van der Waals surface area contributed by atoms with Crippen LogP contribution in [0, 0.1) is 6.92 Å². The Kier molecular flexibility index (Phi) is 2.55. The van der Waals surface area contributed by atoms with Crippen LogP contribution in [-0.4, -0.2) is 10.5 Å². The Hall–Kier alpha value is -0.890. The van der Waals surface area contributed by atoms with Crippen molar-refractivity contribution in [3.05, 3.63) is 29.6 Å².